The summed E-state index contributed by atoms with van der Waals surface area (Å²) in [5.74, 6) is -0.237. The third-order valence-electron chi connectivity index (χ3n) is 5.95. The Morgan fingerprint density at radius 1 is 1.04 bits per heavy atom. The molecule has 1 amide bonds. The van der Waals surface area contributed by atoms with Crippen LogP contribution in [-0.2, 0) is 4.79 Å². The summed E-state index contributed by atoms with van der Waals surface area (Å²) < 4.78 is 13.4. The van der Waals surface area contributed by atoms with Crippen molar-refractivity contribution in [3.8, 4) is 0 Å². The highest BCUT2D eigenvalue weighted by atomic mass is 19.1. The van der Waals surface area contributed by atoms with Crippen molar-refractivity contribution >= 4 is 11.6 Å². The summed E-state index contributed by atoms with van der Waals surface area (Å²) in [6.07, 6.45) is 2.12. The minimum absolute atomic E-state index is 0.0364. The van der Waals surface area contributed by atoms with Gasteiger partial charge in [0.05, 0.1) is 0 Å². The number of carbonyl (C=O) groups is 1. The second-order valence-corrected chi connectivity index (χ2v) is 7.98. The first-order valence-corrected chi connectivity index (χ1v) is 10.1. The smallest absolute Gasteiger partial charge is 0.242 e. The van der Waals surface area contributed by atoms with Crippen LogP contribution in [0.4, 0.5) is 10.1 Å². The summed E-state index contributed by atoms with van der Waals surface area (Å²) in [5, 5.41) is 3.14. The topological polar surface area (TPSA) is 35.6 Å². The molecule has 0 aromatic heterocycles. The molecule has 4 rings (SSSR count). The summed E-state index contributed by atoms with van der Waals surface area (Å²) >= 11 is 0. The number of carbonyl (C=O) groups excluding carboxylic acids is 1. The van der Waals surface area contributed by atoms with Crippen molar-refractivity contribution in [2.24, 2.45) is 0 Å². The van der Waals surface area contributed by atoms with E-state index >= 15 is 0 Å². The summed E-state index contributed by atoms with van der Waals surface area (Å²) in [4.78, 5) is 17.6. The first kappa shape index (κ1) is 18.9. The molecule has 2 fully saturated rings. The maximum absolute atomic E-state index is 13.4. The van der Waals surface area contributed by atoms with Gasteiger partial charge in [0, 0.05) is 37.9 Å². The average Bonchev–Trinajstić information content (AvgIpc) is 3.50. The molecule has 148 valence electrons. The Hall–Kier alpha value is -2.40. The Morgan fingerprint density at radius 3 is 2.36 bits per heavy atom. The second-order valence-electron chi connectivity index (χ2n) is 7.98. The molecule has 0 bridgehead atoms. The predicted molar refractivity (Wildman–Crippen MR) is 110 cm³/mol. The molecule has 1 aliphatic heterocycles. The lowest BCUT2D eigenvalue weighted by molar-refractivity contribution is -0.127. The largest absolute Gasteiger partial charge is 0.369 e. The Kier molecular flexibility index (Phi) is 5.36. The van der Waals surface area contributed by atoms with Crippen LogP contribution in [0, 0.1) is 19.7 Å². The second kappa shape index (κ2) is 7.92. The van der Waals surface area contributed by atoms with Gasteiger partial charge < -0.3 is 10.2 Å². The number of rotatable bonds is 5. The van der Waals surface area contributed by atoms with Crippen molar-refractivity contribution in [3.63, 3.8) is 0 Å². The van der Waals surface area contributed by atoms with E-state index in [0.29, 0.717) is 6.04 Å². The van der Waals surface area contributed by atoms with Gasteiger partial charge in [0.15, 0.2) is 0 Å². The summed E-state index contributed by atoms with van der Waals surface area (Å²) in [5.41, 5.74) is 4.76. The molecular formula is C23H28FN3O. The van der Waals surface area contributed by atoms with E-state index in [1.54, 1.807) is 12.1 Å². The highest BCUT2D eigenvalue weighted by Crippen LogP contribution is 2.29. The SMILES string of the molecule is Cc1cccc(N2CCN(C(C(=O)NC3CC3)c3ccc(F)cc3)CC2)c1C. The van der Waals surface area contributed by atoms with Gasteiger partial charge in [0.1, 0.15) is 11.9 Å². The van der Waals surface area contributed by atoms with Gasteiger partial charge in [0.2, 0.25) is 5.91 Å². The number of amides is 1. The number of hydrogen-bond acceptors (Lipinski definition) is 3. The Morgan fingerprint density at radius 2 is 1.71 bits per heavy atom. The lowest BCUT2D eigenvalue weighted by Gasteiger charge is -2.40. The van der Waals surface area contributed by atoms with Crippen molar-refractivity contribution in [2.75, 3.05) is 31.1 Å². The van der Waals surface area contributed by atoms with Crippen LogP contribution in [0.15, 0.2) is 42.5 Å². The molecule has 4 nitrogen and oxygen atoms in total. The molecule has 2 aromatic rings. The number of benzene rings is 2. The van der Waals surface area contributed by atoms with Gasteiger partial charge in [-0.3, -0.25) is 9.69 Å². The number of hydrogen-bond donors (Lipinski definition) is 1. The maximum Gasteiger partial charge on any atom is 0.242 e. The van der Waals surface area contributed by atoms with Gasteiger partial charge >= 0.3 is 0 Å². The van der Waals surface area contributed by atoms with Gasteiger partial charge in [-0.1, -0.05) is 24.3 Å². The minimum atomic E-state index is -0.359. The van der Waals surface area contributed by atoms with Gasteiger partial charge in [-0.2, -0.15) is 0 Å². The summed E-state index contributed by atoms with van der Waals surface area (Å²) in [7, 11) is 0. The van der Waals surface area contributed by atoms with Gasteiger partial charge in [-0.25, -0.2) is 4.39 Å². The molecular weight excluding hydrogens is 353 g/mol. The number of nitrogens with one attached hydrogen (secondary N) is 1. The highest BCUT2D eigenvalue weighted by Gasteiger charge is 2.34. The maximum atomic E-state index is 13.4. The molecule has 2 aliphatic rings. The van der Waals surface area contributed by atoms with Crippen LogP contribution >= 0.6 is 0 Å². The molecule has 0 radical (unpaired) electrons. The Bertz CT molecular complexity index is 839. The first-order valence-electron chi connectivity index (χ1n) is 10.1. The third-order valence-corrected chi connectivity index (χ3v) is 5.95. The normalized spacial score (nSPS) is 18.8. The molecule has 1 aliphatic carbocycles. The number of nitrogens with zero attached hydrogens (tertiary/aromatic N) is 2. The molecule has 28 heavy (non-hydrogen) atoms. The molecule has 2 aromatic carbocycles. The minimum Gasteiger partial charge on any atom is -0.369 e. The van der Waals surface area contributed by atoms with Crippen molar-refractivity contribution < 1.29 is 9.18 Å². The predicted octanol–water partition coefficient (Wildman–Crippen LogP) is 3.58. The van der Waals surface area contributed by atoms with Crippen LogP contribution in [0.2, 0.25) is 0 Å². The molecule has 0 spiro atoms. The zero-order valence-electron chi connectivity index (χ0n) is 16.6. The van der Waals surface area contributed by atoms with E-state index in [2.05, 4.69) is 47.2 Å². The van der Waals surface area contributed by atoms with Crippen LogP contribution in [-0.4, -0.2) is 43.0 Å². The van der Waals surface area contributed by atoms with Crippen LogP contribution in [0.25, 0.3) is 0 Å². The van der Waals surface area contributed by atoms with E-state index in [4.69, 9.17) is 0 Å². The average molecular weight is 381 g/mol. The molecule has 1 saturated heterocycles. The molecule has 1 heterocycles. The number of aryl methyl sites for hydroxylation is 1. The van der Waals surface area contributed by atoms with Crippen LogP contribution in [0.5, 0.6) is 0 Å². The fourth-order valence-corrected chi connectivity index (χ4v) is 3.98. The van der Waals surface area contributed by atoms with E-state index < -0.39 is 0 Å². The van der Waals surface area contributed by atoms with Gasteiger partial charge in [-0.05, 0) is 61.6 Å². The fraction of sp³-hybridized carbons (Fsp3) is 0.435. The van der Waals surface area contributed by atoms with Crippen LogP contribution in [0.1, 0.15) is 35.6 Å². The molecule has 1 N–H and O–H groups in total. The zero-order valence-corrected chi connectivity index (χ0v) is 16.6. The highest BCUT2D eigenvalue weighted by molar-refractivity contribution is 5.83. The van der Waals surface area contributed by atoms with E-state index in [-0.39, 0.29) is 17.8 Å². The van der Waals surface area contributed by atoms with Crippen LogP contribution < -0.4 is 10.2 Å². The van der Waals surface area contributed by atoms with E-state index in [1.165, 1.54) is 28.9 Å². The first-order chi connectivity index (χ1) is 13.5. The standard InChI is InChI=1S/C23H28FN3O/c1-16-4-3-5-21(17(16)2)26-12-14-27(15-13-26)22(23(28)25-20-10-11-20)18-6-8-19(24)9-7-18/h3-9,20,22H,10-15H2,1-2H3,(H,25,28). The third kappa shape index (κ3) is 4.04. The summed E-state index contributed by atoms with van der Waals surface area (Å²) in [6, 6.07) is 12.7. The van der Waals surface area contributed by atoms with E-state index in [0.717, 1.165) is 44.6 Å². The lowest BCUT2D eigenvalue weighted by Crippen LogP contribution is -2.51. The number of piperazine rings is 1. The molecule has 1 unspecified atom stereocenters. The van der Waals surface area contributed by atoms with Gasteiger partial charge in [-0.15, -0.1) is 0 Å². The fourth-order valence-electron chi connectivity index (χ4n) is 3.98. The van der Waals surface area contributed by atoms with E-state index in [9.17, 15) is 9.18 Å². The van der Waals surface area contributed by atoms with Gasteiger partial charge in [0.25, 0.3) is 0 Å². The van der Waals surface area contributed by atoms with E-state index in [1.807, 2.05) is 0 Å². The Labute approximate surface area is 166 Å². The number of anilines is 1. The zero-order chi connectivity index (χ0) is 19.7. The van der Waals surface area contributed by atoms with Crippen molar-refractivity contribution in [1.82, 2.24) is 10.2 Å². The number of halogens is 1. The molecule has 1 atom stereocenters. The van der Waals surface area contributed by atoms with Crippen molar-refractivity contribution in [1.29, 1.82) is 0 Å². The Balaban J connectivity index is 1.50. The van der Waals surface area contributed by atoms with Crippen molar-refractivity contribution in [2.45, 2.75) is 38.8 Å². The quantitative estimate of drug-likeness (QED) is 0.860. The summed E-state index contributed by atoms with van der Waals surface area (Å²) in [6.45, 7) is 7.65. The lowest BCUT2D eigenvalue weighted by atomic mass is 10.0. The molecule has 1 saturated carbocycles. The monoisotopic (exact) mass is 381 g/mol. The molecule has 5 heteroatoms. The van der Waals surface area contributed by atoms with Crippen LogP contribution in [0.3, 0.4) is 0 Å². The van der Waals surface area contributed by atoms with Crippen molar-refractivity contribution in [3.05, 3.63) is 65.0 Å².